The molecule has 1 fully saturated rings. The average Bonchev–Trinajstić information content (AvgIpc) is 2.81. The predicted molar refractivity (Wildman–Crippen MR) is 70.6 cm³/mol. The Morgan fingerprint density at radius 3 is 2.89 bits per heavy atom. The fourth-order valence-corrected chi connectivity index (χ4v) is 2.45. The Morgan fingerprint density at radius 2 is 2.32 bits per heavy atom. The van der Waals surface area contributed by atoms with Gasteiger partial charge in [-0.05, 0) is 18.6 Å². The summed E-state index contributed by atoms with van der Waals surface area (Å²) < 4.78 is 5.14. The fraction of sp³-hybridized carbons (Fsp3) is 0.462. The molecule has 1 aliphatic heterocycles. The number of carbonyl (C=O) groups excluding carboxylic acids is 1. The Hall–Kier alpha value is -1.30. The van der Waals surface area contributed by atoms with E-state index >= 15 is 0 Å². The van der Waals surface area contributed by atoms with Crippen molar-refractivity contribution in [2.45, 2.75) is 12.0 Å². The zero-order valence-corrected chi connectivity index (χ0v) is 11.4. The highest BCUT2D eigenvalue weighted by Crippen LogP contribution is 2.30. The number of β-amino-alcohol motifs (C(OH)–C–C–N with tert-alkyl or cyclic N) is 1. The first-order valence-electron chi connectivity index (χ1n) is 5.96. The van der Waals surface area contributed by atoms with Crippen LogP contribution in [-0.2, 0) is 0 Å². The van der Waals surface area contributed by atoms with Crippen molar-refractivity contribution in [3.05, 3.63) is 28.8 Å². The van der Waals surface area contributed by atoms with Crippen LogP contribution >= 0.6 is 11.6 Å². The zero-order chi connectivity index (χ0) is 14.0. The van der Waals surface area contributed by atoms with E-state index in [1.807, 2.05) is 0 Å². The van der Waals surface area contributed by atoms with Crippen molar-refractivity contribution in [2.24, 2.45) is 0 Å². The number of carbonyl (C=O) groups is 1. The van der Waals surface area contributed by atoms with Gasteiger partial charge in [-0.2, -0.15) is 0 Å². The molecule has 1 atom stereocenters. The first-order chi connectivity index (χ1) is 9.00. The number of rotatable bonds is 3. The van der Waals surface area contributed by atoms with Gasteiger partial charge >= 0.3 is 0 Å². The molecule has 0 aromatic heterocycles. The maximum absolute atomic E-state index is 12.4. The SMILES string of the molecule is COc1cccc(Cl)c1C(=O)N1CCC(O)(CO)C1. The number of aliphatic hydroxyl groups is 2. The van der Waals surface area contributed by atoms with Crippen LogP contribution in [-0.4, -0.2) is 53.4 Å². The number of methoxy groups -OCH3 is 1. The molecule has 1 unspecified atom stereocenters. The molecule has 2 rings (SSSR count). The van der Waals surface area contributed by atoms with Gasteiger partial charge in [0.2, 0.25) is 0 Å². The second kappa shape index (κ2) is 5.36. The lowest BCUT2D eigenvalue weighted by Crippen LogP contribution is -2.38. The highest BCUT2D eigenvalue weighted by Gasteiger charge is 2.38. The summed E-state index contributed by atoms with van der Waals surface area (Å²) in [6.45, 7) is 0.109. The lowest BCUT2D eigenvalue weighted by atomic mass is 10.1. The fourth-order valence-electron chi connectivity index (χ4n) is 2.20. The van der Waals surface area contributed by atoms with Gasteiger partial charge in [0.1, 0.15) is 16.9 Å². The number of amides is 1. The summed E-state index contributed by atoms with van der Waals surface area (Å²) in [4.78, 5) is 13.9. The van der Waals surface area contributed by atoms with Crippen LogP contribution < -0.4 is 4.74 Å². The van der Waals surface area contributed by atoms with Crippen molar-refractivity contribution in [3.63, 3.8) is 0 Å². The molecule has 104 valence electrons. The third kappa shape index (κ3) is 2.68. The number of hydrogen-bond donors (Lipinski definition) is 2. The van der Waals surface area contributed by atoms with Crippen LogP contribution in [0.2, 0.25) is 5.02 Å². The molecule has 6 heteroatoms. The van der Waals surface area contributed by atoms with Gasteiger partial charge in [0.25, 0.3) is 5.91 Å². The maximum atomic E-state index is 12.4. The van der Waals surface area contributed by atoms with E-state index in [-0.39, 0.29) is 24.6 Å². The number of halogens is 1. The zero-order valence-electron chi connectivity index (χ0n) is 10.6. The number of benzene rings is 1. The van der Waals surface area contributed by atoms with E-state index in [0.717, 1.165) is 0 Å². The highest BCUT2D eigenvalue weighted by atomic mass is 35.5. The Kier molecular flexibility index (Phi) is 3.99. The van der Waals surface area contributed by atoms with Crippen LogP contribution in [0.3, 0.4) is 0 Å². The van der Waals surface area contributed by atoms with Gasteiger partial charge in [-0.25, -0.2) is 0 Å². The second-order valence-electron chi connectivity index (χ2n) is 4.68. The minimum absolute atomic E-state index is 0.0940. The Balaban J connectivity index is 2.26. The number of nitrogens with zero attached hydrogens (tertiary/aromatic N) is 1. The van der Waals surface area contributed by atoms with Crippen LogP contribution in [0, 0.1) is 0 Å². The summed E-state index contributed by atoms with van der Waals surface area (Å²) in [6.07, 6.45) is 0.349. The molecule has 1 aromatic rings. The van der Waals surface area contributed by atoms with Gasteiger partial charge in [0.05, 0.1) is 25.3 Å². The Bertz CT molecular complexity index is 494. The summed E-state index contributed by atoms with van der Waals surface area (Å²) in [6, 6.07) is 4.98. The molecule has 5 nitrogen and oxygen atoms in total. The third-order valence-corrected chi connectivity index (χ3v) is 3.64. The molecule has 1 aromatic carbocycles. The molecule has 0 aliphatic carbocycles. The lowest BCUT2D eigenvalue weighted by molar-refractivity contribution is -0.00457. The standard InChI is InChI=1S/C13H16ClNO4/c1-19-10-4-2-3-9(14)11(10)12(17)15-6-5-13(18,7-15)8-16/h2-4,16,18H,5-8H2,1H3. The molecule has 19 heavy (non-hydrogen) atoms. The summed E-state index contributed by atoms with van der Waals surface area (Å²) in [5.41, 5.74) is -0.932. The van der Waals surface area contributed by atoms with Crippen LogP contribution in [0.1, 0.15) is 16.8 Å². The molecular formula is C13H16ClNO4. The summed E-state index contributed by atoms with van der Waals surface area (Å²) in [5, 5.41) is 19.4. The molecule has 0 saturated carbocycles. The number of ether oxygens (including phenoxy) is 1. The van der Waals surface area contributed by atoms with Crippen LogP contribution in [0.4, 0.5) is 0 Å². The quantitative estimate of drug-likeness (QED) is 0.866. The molecule has 0 spiro atoms. The van der Waals surface area contributed by atoms with E-state index in [1.54, 1.807) is 18.2 Å². The minimum Gasteiger partial charge on any atom is -0.496 e. The van der Waals surface area contributed by atoms with E-state index in [0.29, 0.717) is 23.7 Å². The summed E-state index contributed by atoms with van der Waals surface area (Å²) in [5.74, 6) is 0.101. The van der Waals surface area contributed by atoms with Crippen molar-refractivity contribution in [1.29, 1.82) is 0 Å². The Labute approximate surface area is 116 Å². The number of hydrogen-bond acceptors (Lipinski definition) is 4. The van der Waals surface area contributed by atoms with Crippen molar-refractivity contribution < 1.29 is 19.7 Å². The van der Waals surface area contributed by atoms with Crippen molar-refractivity contribution in [3.8, 4) is 5.75 Å². The topological polar surface area (TPSA) is 70.0 Å². The van der Waals surface area contributed by atoms with Crippen LogP contribution in [0.5, 0.6) is 5.75 Å². The van der Waals surface area contributed by atoms with Gasteiger partial charge in [-0.15, -0.1) is 0 Å². The molecule has 1 amide bonds. The summed E-state index contributed by atoms with van der Waals surface area (Å²) >= 11 is 6.05. The van der Waals surface area contributed by atoms with Gasteiger partial charge in [-0.3, -0.25) is 4.79 Å². The van der Waals surface area contributed by atoms with E-state index in [9.17, 15) is 9.90 Å². The number of aliphatic hydroxyl groups excluding tert-OH is 1. The van der Waals surface area contributed by atoms with Crippen molar-refractivity contribution >= 4 is 17.5 Å². The molecule has 1 aliphatic rings. The second-order valence-corrected chi connectivity index (χ2v) is 5.08. The predicted octanol–water partition coefficient (Wildman–Crippen LogP) is 0.918. The Morgan fingerprint density at radius 1 is 1.58 bits per heavy atom. The van der Waals surface area contributed by atoms with Crippen molar-refractivity contribution in [2.75, 3.05) is 26.8 Å². The van der Waals surface area contributed by atoms with E-state index in [1.165, 1.54) is 12.0 Å². The molecule has 1 saturated heterocycles. The largest absolute Gasteiger partial charge is 0.496 e. The average molecular weight is 286 g/mol. The monoisotopic (exact) mass is 285 g/mol. The first-order valence-corrected chi connectivity index (χ1v) is 6.33. The molecule has 2 N–H and O–H groups in total. The lowest BCUT2D eigenvalue weighted by Gasteiger charge is -2.22. The third-order valence-electron chi connectivity index (χ3n) is 3.32. The first kappa shape index (κ1) is 14.1. The maximum Gasteiger partial charge on any atom is 0.259 e. The summed E-state index contributed by atoms with van der Waals surface area (Å²) in [7, 11) is 1.47. The molecular weight excluding hydrogens is 270 g/mol. The van der Waals surface area contributed by atoms with Gasteiger partial charge in [-0.1, -0.05) is 17.7 Å². The molecule has 0 bridgehead atoms. The highest BCUT2D eigenvalue weighted by molar-refractivity contribution is 6.34. The van der Waals surface area contributed by atoms with Crippen LogP contribution in [0.25, 0.3) is 0 Å². The van der Waals surface area contributed by atoms with Crippen molar-refractivity contribution in [1.82, 2.24) is 4.90 Å². The number of likely N-dealkylation sites (tertiary alicyclic amines) is 1. The normalized spacial score (nSPS) is 22.6. The smallest absolute Gasteiger partial charge is 0.259 e. The van der Waals surface area contributed by atoms with Gasteiger partial charge in [0.15, 0.2) is 0 Å². The van der Waals surface area contributed by atoms with E-state index in [2.05, 4.69) is 0 Å². The molecule has 1 heterocycles. The molecule has 0 radical (unpaired) electrons. The van der Waals surface area contributed by atoms with Gasteiger partial charge < -0.3 is 19.8 Å². The van der Waals surface area contributed by atoms with Gasteiger partial charge in [0, 0.05) is 6.54 Å². The van der Waals surface area contributed by atoms with E-state index < -0.39 is 5.60 Å². The van der Waals surface area contributed by atoms with E-state index in [4.69, 9.17) is 21.4 Å². The minimum atomic E-state index is -1.22. The van der Waals surface area contributed by atoms with Crippen LogP contribution in [0.15, 0.2) is 18.2 Å².